The summed E-state index contributed by atoms with van der Waals surface area (Å²) in [4.78, 5) is 31.4. The van der Waals surface area contributed by atoms with Crippen LogP contribution in [-0.4, -0.2) is 40.8 Å². The van der Waals surface area contributed by atoms with Crippen LogP contribution in [0.25, 0.3) is 0 Å². The number of nitrogens with zero attached hydrogens (tertiary/aromatic N) is 2. The van der Waals surface area contributed by atoms with Crippen molar-refractivity contribution in [2.45, 2.75) is 70.3 Å². The second-order valence-corrected chi connectivity index (χ2v) is 7.30. The third-order valence-corrected chi connectivity index (χ3v) is 5.32. The Morgan fingerprint density at radius 2 is 1.60 bits per heavy atom. The van der Waals surface area contributed by atoms with Gasteiger partial charge in [0.25, 0.3) is 11.8 Å². The minimum Gasteiger partial charge on any atom is -0.349 e. The van der Waals surface area contributed by atoms with Crippen LogP contribution in [0.3, 0.4) is 0 Å². The van der Waals surface area contributed by atoms with E-state index in [2.05, 4.69) is 10.3 Å². The largest absolute Gasteiger partial charge is 0.349 e. The Labute approximate surface area is 150 Å². The summed E-state index contributed by atoms with van der Waals surface area (Å²) in [7, 11) is 0. The lowest BCUT2D eigenvalue weighted by Gasteiger charge is -2.20. The molecular formula is C20H29N3O2. The molecule has 2 fully saturated rings. The summed E-state index contributed by atoms with van der Waals surface area (Å²) >= 11 is 0. The normalized spacial score (nSPS) is 19.8. The number of pyridine rings is 1. The molecule has 1 N–H and O–H groups in total. The number of hydrogen-bond acceptors (Lipinski definition) is 3. The van der Waals surface area contributed by atoms with Crippen LogP contribution in [-0.2, 0) is 0 Å². The molecule has 1 aliphatic carbocycles. The number of hydrogen-bond donors (Lipinski definition) is 1. The van der Waals surface area contributed by atoms with Gasteiger partial charge in [-0.25, -0.2) is 0 Å². The number of nitrogens with one attached hydrogen (secondary N) is 1. The molecule has 0 radical (unpaired) electrons. The van der Waals surface area contributed by atoms with Gasteiger partial charge in [-0.2, -0.15) is 0 Å². The van der Waals surface area contributed by atoms with Gasteiger partial charge in [0.05, 0.1) is 0 Å². The Kier molecular flexibility index (Phi) is 6.42. The Morgan fingerprint density at radius 3 is 2.28 bits per heavy atom. The van der Waals surface area contributed by atoms with E-state index in [4.69, 9.17) is 0 Å². The lowest BCUT2D eigenvalue weighted by atomic mass is 10.1. The molecule has 1 aliphatic heterocycles. The van der Waals surface area contributed by atoms with Gasteiger partial charge >= 0.3 is 0 Å². The molecular weight excluding hydrogens is 314 g/mol. The zero-order chi connectivity index (χ0) is 17.5. The molecule has 5 heteroatoms. The fourth-order valence-electron chi connectivity index (χ4n) is 3.82. The standard InChI is InChI=1S/C20H29N3O2/c24-19(22-17-9-5-1-2-6-10-17)16-11-12-21-18(15-16)20(25)23-13-7-3-4-8-14-23/h11-12,15,17H,1-10,13-14H2,(H,22,24). The Hall–Kier alpha value is -1.91. The summed E-state index contributed by atoms with van der Waals surface area (Å²) in [5, 5.41) is 3.14. The molecule has 2 amide bonds. The molecule has 0 aromatic carbocycles. The summed E-state index contributed by atoms with van der Waals surface area (Å²) in [6, 6.07) is 3.61. The fraction of sp³-hybridized carbons (Fsp3) is 0.650. The monoisotopic (exact) mass is 343 g/mol. The first-order valence-corrected chi connectivity index (χ1v) is 9.80. The molecule has 0 spiro atoms. The van der Waals surface area contributed by atoms with E-state index in [9.17, 15) is 9.59 Å². The lowest BCUT2D eigenvalue weighted by Crippen LogP contribution is -2.35. The van der Waals surface area contributed by atoms with Gasteiger partial charge in [-0.1, -0.05) is 38.5 Å². The van der Waals surface area contributed by atoms with Gasteiger partial charge in [-0.15, -0.1) is 0 Å². The highest BCUT2D eigenvalue weighted by molar-refractivity contribution is 5.98. The summed E-state index contributed by atoms with van der Waals surface area (Å²) < 4.78 is 0. The summed E-state index contributed by atoms with van der Waals surface area (Å²) in [5.41, 5.74) is 0.924. The van der Waals surface area contributed by atoms with Gasteiger partial charge in [0.15, 0.2) is 0 Å². The Bertz CT molecular complexity index is 586. The van der Waals surface area contributed by atoms with E-state index >= 15 is 0 Å². The van der Waals surface area contributed by atoms with E-state index in [1.165, 1.54) is 38.5 Å². The molecule has 2 heterocycles. The highest BCUT2D eigenvalue weighted by atomic mass is 16.2. The van der Waals surface area contributed by atoms with Crippen LogP contribution >= 0.6 is 0 Å². The van der Waals surface area contributed by atoms with Crippen LogP contribution in [0.2, 0.25) is 0 Å². The Morgan fingerprint density at radius 1 is 0.960 bits per heavy atom. The van der Waals surface area contributed by atoms with Gasteiger partial charge in [-0.05, 0) is 37.8 Å². The van der Waals surface area contributed by atoms with Crippen molar-refractivity contribution >= 4 is 11.8 Å². The minimum absolute atomic E-state index is 0.0500. The molecule has 1 aromatic rings. The van der Waals surface area contributed by atoms with E-state index in [0.717, 1.165) is 38.8 Å². The summed E-state index contributed by atoms with van der Waals surface area (Å²) in [6.07, 6.45) is 13.0. The lowest BCUT2D eigenvalue weighted by molar-refractivity contribution is 0.0755. The molecule has 25 heavy (non-hydrogen) atoms. The number of amides is 2. The fourth-order valence-corrected chi connectivity index (χ4v) is 3.82. The first-order chi connectivity index (χ1) is 12.2. The third kappa shape index (κ3) is 5.03. The van der Waals surface area contributed by atoms with Crippen molar-refractivity contribution in [2.75, 3.05) is 13.1 Å². The van der Waals surface area contributed by atoms with Crippen LogP contribution in [0.5, 0.6) is 0 Å². The maximum atomic E-state index is 12.7. The van der Waals surface area contributed by atoms with Crippen molar-refractivity contribution in [3.8, 4) is 0 Å². The molecule has 3 rings (SSSR count). The molecule has 1 saturated carbocycles. The van der Waals surface area contributed by atoms with Gasteiger partial charge in [0.1, 0.15) is 5.69 Å². The van der Waals surface area contributed by atoms with Crippen molar-refractivity contribution in [2.24, 2.45) is 0 Å². The summed E-state index contributed by atoms with van der Waals surface area (Å²) in [6.45, 7) is 1.58. The zero-order valence-electron chi connectivity index (χ0n) is 15.0. The molecule has 2 aliphatic rings. The van der Waals surface area contributed by atoms with Gasteiger partial charge in [-0.3, -0.25) is 14.6 Å². The number of rotatable bonds is 3. The highest BCUT2D eigenvalue weighted by Gasteiger charge is 2.21. The van der Waals surface area contributed by atoms with Crippen LogP contribution < -0.4 is 5.32 Å². The first-order valence-electron chi connectivity index (χ1n) is 9.80. The SMILES string of the molecule is O=C(NC1CCCCCC1)c1ccnc(C(=O)N2CCCCCC2)c1. The van der Waals surface area contributed by atoms with Crippen molar-refractivity contribution in [1.29, 1.82) is 0 Å². The van der Waals surface area contributed by atoms with Crippen molar-refractivity contribution < 1.29 is 9.59 Å². The van der Waals surface area contributed by atoms with Crippen molar-refractivity contribution in [1.82, 2.24) is 15.2 Å². The van der Waals surface area contributed by atoms with Crippen LogP contribution in [0.1, 0.15) is 85.1 Å². The van der Waals surface area contributed by atoms with E-state index in [1.54, 1.807) is 18.3 Å². The quantitative estimate of drug-likeness (QED) is 0.854. The second-order valence-electron chi connectivity index (χ2n) is 7.30. The molecule has 0 unspecified atom stereocenters. The molecule has 1 saturated heterocycles. The Balaban J connectivity index is 1.65. The van der Waals surface area contributed by atoms with Crippen molar-refractivity contribution in [3.63, 3.8) is 0 Å². The topological polar surface area (TPSA) is 62.3 Å². The zero-order valence-corrected chi connectivity index (χ0v) is 15.0. The minimum atomic E-state index is -0.0841. The maximum Gasteiger partial charge on any atom is 0.272 e. The summed E-state index contributed by atoms with van der Waals surface area (Å²) in [5.74, 6) is -0.134. The van der Waals surface area contributed by atoms with Crippen LogP contribution in [0.4, 0.5) is 0 Å². The van der Waals surface area contributed by atoms with E-state index in [1.807, 2.05) is 4.90 Å². The van der Waals surface area contributed by atoms with E-state index < -0.39 is 0 Å². The predicted octanol–water partition coefficient (Wildman–Crippen LogP) is 3.55. The van der Waals surface area contributed by atoms with Gasteiger partial charge < -0.3 is 10.2 Å². The average Bonchev–Trinajstić information content (AvgIpc) is 3.06. The molecule has 0 bridgehead atoms. The number of carbonyl (C=O) groups is 2. The van der Waals surface area contributed by atoms with Gasteiger partial charge in [0.2, 0.25) is 0 Å². The number of carbonyl (C=O) groups excluding carboxylic acids is 2. The van der Waals surface area contributed by atoms with Gasteiger partial charge in [0, 0.05) is 30.9 Å². The first kappa shape index (κ1) is 17.9. The van der Waals surface area contributed by atoms with Crippen LogP contribution in [0.15, 0.2) is 18.3 Å². The van der Waals surface area contributed by atoms with E-state index in [-0.39, 0.29) is 17.9 Å². The number of likely N-dealkylation sites (tertiary alicyclic amines) is 1. The second kappa shape index (κ2) is 8.97. The molecule has 1 aromatic heterocycles. The van der Waals surface area contributed by atoms with Crippen LogP contribution in [0, 0.1) is 0 Å². The maximum absolute atomic E-state index is 12.7. The third-order valence-electron chi connectivity index (χ3n) is 5.32. The predicted molar refractivity (Wildman–Crippen MR) is 97.6 cm³/mol. The number of aromatic nitrogens is 1. The van der Waals surface area contributed by atoms with E-state index in [0.29, 0.717) is 11.3 Å². The molecule has 5 nitrogen and oxygen atoms in total. The molecule has 136 valence electrons. The van der Waals surface area contributed by atoms with Crippen molar-refractivity contribution in [3.05, 3.63) is 29.6 Å². The highest BCUT2D eigenvalue weighted by Crippen LogP contribution is 2.18. The average molecular weight is 343 g/mol. The smallest absolute Gasteiger partial charge is 0.272 e. The molecule has 0 atom stereocenters.